The van der Waals surface area contributed by atoms with Gasteiger partial charge in [-0.2, -0.15) is 0 Å². The maximum Gasteiger partial charge on any atom is 0.258 e. The van der Waals surface area contributed by atoms with Crippen LogP contribution >= 0.6 is 11.6 Å². The Morgan fingerprint density at radius 2 is 2.00 bits per heavy atom. The Labute approximate surface area is 179 Å². The van der Waals surface area contributed by atoms with Crippen LogP contribution < -0.4 is 10.9 Å². The highest BCUT2D eigenvalue weighted by molar-refractivity contribution is 6.31. The van der Waals surface area contributed by atoms with Gasteiger partial charge in [-0.3, -0.25) is 9.59 Å². The topological polar surface area (TPSA) is 78.1 Å². The number of carbonyl (C=O) groups excluding carboxylic acids is 1. The number of benzene rings is 2. The molecule has 8 heteroatoms. The number of nitrogens with zero attached hydrogens (tertiary/aromatic N) is 2. The van der Waals surface area contributed by atoms with Gasteiger partial charge in [0.1, 0.15) is 11.6 Å². The number of aromatic amines is 1. The zero-order chi connectivity index (χ0) is 21.7. The molecule has 6 nitrogen and oxygen atoms in total. The fourth-order valence-electron chi connectivity index (χ4n) is 3.34. The second kappa shape index (κ2) is 9.82. The summed E-state index contributed by atoms with van der Waals surface area (Å²) in [6, 6.07) is 11.3. The molecule has 3 rings (SSSR count). The predicted molar refractivity (Wildman–Crippen MR) is 116 cm³/mol. The van der Waals surface area contributed by atoms with Crippen molar-refractivity contribution in [2.75, 3.05) is 20.6 Å². The first-order valence-corrected chi connectivity index (χ1v) is 10.1. The highest BCUT2D eigenvalue weighted by Crippen LogP contribution is 2.28. The summed E-state index contributed by atoms with van der Waals surface area (Å²) in [6.07, 6.45) is 1.27. The largest absolute Gasteiger partial charge is 0.354 e. The van der Waals surface area contributed by atoms with Crippen molar-refractivity contribution in [3.05, 3.63) is 75.0 Å². The molecule has 1 amide bonds. The molecule has 0 unspecified atom stereocenters. The molecule has 0 aliphatic carbocycles. The van der Waals surface area contributed by atoms with Crippen LogP contribution in [0.5, 0.6) is 0 Å². The number of nitrogens with one attached hydrogen (secondary N) is 2. The van der Waals surface area contributed by atoms with Gasteiger partial charge in [-0.25, -0.2) is 9.37 Å². The highest BCUT2D eigenvalue weighted by Gasteiger charge is 2.21. The molecule has 0 fully saturated rings. The van der Waals surface area contributed by atoms with Crippen molar-refractivity contribution in [3.8, 4) is 0 Å². The summed E-state index contributed by atoms with van der Waals surface area (Å²) in [5.74, 6) is -0.00460. The van der Waals surface area contributed by atoms with Crippen molar-refractivity contribution >= 4 is 28.4 Å². The highest BCUT2D eigenvalue weighted by atomic mass is 35.5. The number of carbonyl (C=O) groups is 1. The van der Waals surface area contributed by atoms with E-state index in [9.17, 15) is 14.0 Å². The van der Waals surface area contributed by atoms with Gasteiger partial charge < -0.3 is 15.2 Å². The lowest BCUT2D eigenvalue weighted by atomic mass is 10.0. The van der Waals surface area contributed by atoms with Gasteiger partial charge in [-0.15, -0.1) is 0 Å². The lowest BCUT2D eigenvalue weighted by Crippen LogP contribution is -2.35. The summed E-state index contributed by atoms with van der Waals surface area (Å²) < 4.78 is 14.3. The molecule has 30 heavy (non-hydrogen) atoms. The van der Waals surface area contributed by atoms with Crippen molar-refractivity contribution in [1.82, 2.24) is 20.2 Å². The van der Waals surface area contributed by atoms with E-state index in [-0.39, 0.29) is 30.5 Å². The minimum atomic E-state index is -0.401. The lowest BCUT2D eigenvalue weighted by molar-refractivity contribution is -0.121. The van der Waals surface area contributed by atoms with Crippen molar-refractivity contribution in [1.29, 1.82) is 0 Å². The van der Waals surface area contributed by atoms with Crippen LogP contribution in [0.3, 0.4) is 0 Å². The molecule has 0 aliphatic heterocycles. The van der Waals surface area contributed by atoms with E-state index < -0.39 is 5.82 Å². The van der Waals surface area contributed by atoms with Gasteiger partial charge in [0.15, 0.2) is 0 Å². The van der Waals surface area contributed by atoms with Gasteiger partial charge in [-0.1, -0.05) is 29.8 Å². The number of amides is 1. The standard InChI is InChI=1S/C22H24ClFN4O2/c1-28(2)18(21-15(23)8-5-9-16(21)24)13-25-20(29)12-6-11-19-26-17-10-4-3-7-14(17)22(30)27-19/h3-5,7-10,18H,6,11-13H2,1-2H3,(H,25,29)(H,26,27,30)/t18-/m1/s1. The van der Waals surface area contributed by atoms with Crippen molar-refractivity contribution in [3.63, 3.8) is 0 Å². The van der Waals surface area contributed by atoms with E-state index in [1.165, 1.54) is 6.07 Å². The maximum absolute atomic E-state index is 14.3. The second-order valence-corrected chi connectivity index (χ2v) is 7.71. The summed E-state index contributed by atoms with van der Waals surface area (Å²) in [7, 11) is 3.61. The smallest absolute Gasteiger partial charge is 0.258 e. The molecule has 1 aromatic heterocycles. The van der Waals surface area contributed by atoms with E-state index in [0.717, 1.165) is 0 Å². The molecular formula is C22H24ClFN4O2. The average Bonchev–Trinajstić information content (AvgIpc) is 2.70. The molecule has 0 saturated carbocycles. The Balaban J connectivity index is 1.56. The van der Waals surface area contributed by atoms with E-state index in [2.05, 4.69) is 15.3 Å². The van der Waals surface area contributed by atoms with Gasteiger partial charge in [0.25, 0.3) is 5.56 Å². The minimum absolute atomic E-state index is 0.155. The Morgan fingerprint density at radius 3 is 2.73 bits per heavy atom. The second-order valence-electron chi connectivity index (χ2n) is 7.30. The normalized spacial score (nSPS) is 12.3. The molecule has 1 atom stereocenters. The molecule has 0 bridgehead atoms. The number of fused-ring (bicyclic) bond motifs is 1. The third-order valence-corrected chi connectivity index (χ3v) is 5.26. The van der Waals surface area contributed by atoms with E-state index in [1.807, 2.05) is 11.0 Å². The number of likely N-dealkylation sites (N-methyl/N-ethyl adjacent to an activating group) is 1. The third-order valence-electron chi connectivity index (χ3n) is 4.93. The number of halogens is 2. The quantitative estimate of drug-likeness (QED) is 0.573. The Morgan fingerprint density at radius 1 is 1.23 bits per heavy atom. The van der Waals surface area contributed by atoms with Crippen molar-refractivity contribution in [2.24, 2.45) is 0 Å². The molecule has 0 saturated heterocycles. The SMILES string of the molecule is CN(C)[C@H](CNC(=O)CCCc1nc2ccccc2c(=O)[nH]1)c1c(F)cccc1Cl. The maximum atomic E-state index is 14.3. The molecule has 2 N–H and O–H groups in total. The number of hydrogen-bond acceptors (Lipinski definition) is 4. The first-order valence-electron chi connectivity index (χ1n) is 9.72. The Bertz CT molecular complexity index is 1080. The predicted octanol–water partition coefficient (Wildman–Crippen LogP) is 3.46. The van der Waals surface area contributed by atoms with Crippen LogP contribution in [0.2, 0.25) is 5.02 Å². The van der Waals surface area contributed by atoms with Crippen LogP contribution in [0.25, 0.3) is 10.9 Å². The first kappa shape index (κ1) is 21.9. The first-order chi connectivity index (χ1) is 14.4. The fraction of sp³-hybridized carbons (Fsp3) is 0.318. The van der Waals surface area contributed by atoms with E-state index in [1.54, 1.807) is 44.4 Å². The van der Waals surface area contributed by atoms with Gasteiger partial charge in [0.2, 0.25) is 5.91 Å². The summed E-state index contributed by atoms with van der Waals surface area (Å²) >= 11 is 6.17. The van der Waals surface area contributed by atoms with Crippen LogP contribution in [-0.2, 0) is 11.2 Å². The van der Waals surface area contributed by atoms with E-state index >= 15 is 0 Å². The lowest BCUT2D eigenvalue weighted by Gasteiger charge is -2.26. The van der Waals surface area contributed by atoms with E-state index in [4.69, 9.17) is 11.6 Å². The molecule has 1 heterocycles. The molecule has 0 radical (unpaired) electrons. The van der Waals surface area contributed by atoms with Gasteiger partial charge in [0, 0.05) is 30.0 Å². The number of aryl methyl sites for hydroxylation is 1. The fourth-order valence-corrected chi connectivity index (χ4v) is 3.63. The third kappa shape index (κ3) is 5.23. The van der Waals surface area contributed by atoms with Crippen LogP contribution in [0.15, 0.2) is 47.3 Å². The monoisotopic (exact) mass is 430 g/mol. The zero-order valence-electron chi connectivity index (χ0n) is 16.9. The van der Waals surface area contributed by atoms with Crippen molar-refractivity contribution in [2.45, 2.75) is 25.3 Å². The van der Waals surface area contributed by atoms with Crippen molar-refractivity contribution < 1.29 is 9.18 Å². The van der Waals surface area contributed by atoms with Crippen LogP contribution in [0.1, 0.15) is 30.3 Å². The Hall–Kier alpha value is -2.77. The number of rotatable bonds is 8. The van der Waals surface area contributed by atoms with Gasteiger partial charge >= 0.3 is 0 Å². The summed E-state index contributed by atoms with van der Waals surface area (Å²) in [6.45, 7) is 0.234. The molecular weight excluding hydrogens is 407 g/mol. The van der Waals surface area contributed by atoms with Crippen LogP contribution in [0, 0.1) is 5.82 Å². The number of hydrogen-bond donors (Lipinski definition) is 2. The average molecular weight is 431 g/mol. The van der Waals surface area contributed by atoms with Crippen LogP contribution in [0.4, 0.5) is 4.39 Å². The van der Waals surface area contributed by atoms with Gasteiger partial charge in [-0.05, 0) is 44.8 Å². The molecule has 0 spiro atoms. The minimum Gasteiger partial charge on any atom is -0.354 e. The number of para-hydroxylation sites is 1. The van der Waals surface area contributed by atoms with Gasteiger partial charge in [0.05, 0.1) is 16.9 Å². The molecule has 0 aliphatic rings. The molecule has 2 aromatic carbocycles. The number of aromatic nitrogens is 2. The molecule has 3 aromatic rings. The molecule has 158 valence electrons. The summed E-state index contributed by atoms with van der Waals surface area (Å²) in [4.78, 5) is 33.4. The van der Waals surface area contributed by atoms with Crippen LogP contribution in [-0.4, -0.2) is 41.4 Å². The zero-order valence-corrected chi connectivity index (χ0v) is 17.7. The Kier molecular flexibility index (Phi) is 7.18. The summed E-state index contributed by atoms with van der Waals surface area (Å²) in [5.41, 5.74) is 0.814. The van der Waals surface area contributed by atoms with E-state index in [0.29, 0.717) is 40.2 Å². The summed E-state index contributed by atoms with van der Waals surface area (Å²) in [5, 5.41) is 3.72. The number of H-pyrrole nitrogens is 1.